The first kappa shape index (κ1) is 18.1. The van der Waals surface area contributed by atoms with Crippen molar-refractivity contribution in [2.75, 3.05) is 26.7 Å². The second-order valence-electron chi connectivity index (χ2n) is 6.38. The zero-order valence-corrected chi connectivity index (χ0v) is 14.1. The Morgan fingerprint density at radius 1 is 1.38 bits per heavy atom. The summed E-state index contributed by atoms with van der Waals surface area (Å²) in [6, 6.07) is 0. The summed E-state index contributed by atoms with van der Waals surface area (Å²) in [5, 5.41) is 7.32. The number of amides is 1. The van der Waals surface area contributed by atoms with Gasteiger partial charge in [-0.1, -0.05) is 33.1 Å². The molecule has 0 aliphatic carbocycles. The maximum absolute atomic E-state index is 12.6. The molecule has 1 fully saturated rings. The van der Waals surface area contributed by atoms with Crippen LogP contribution in [0.3, 0.4) is 0 Å². The number of likely N-dealkylation sites (tertiary alicyclic amines) is 1. The molecule has 1 rings (SSSR count). The van der Waals surface area contributed by atoms with E-state index in [1.54, 1.807) is 7.05 Å². The molecule has 2 atom stereocenters. The Labute approximate surface area is 130 Å². The van der Waals surface area contributed by atoms with Gasteiger partial charge in [-0.15, -0.1) is 0 Å². The van der Waals surface area contributed by atoms with Gasteiger partial charge in [0.25, 0.3) is 0 Å². The molecular formula is C17H33N3O. The Morgan fingerprint density at radius 3 is 2.71 bits per heavy atom. The molecule has 4 heteroatoms. The van der Waals surface area contributed by atoms with Crippen LogP contribution in [0, 0.1) is 17.2 Å². The van der Waals surface area contributed by atoms with E-state index in [1.165, 1.54) is 37.3 Å². The van der Waals surface area contributed by atoms with E-state index in [-0.39, 0.29) is 11.8 Å². The Balaban J connectivity index is 2.67. The highest BCUT2D eigenvalue weighted by Crippen LogP contribution is 2.29. The second-order valence-corrected chi connectivity index (χ2v) is 6.38. The first-order valence-electron chi connectivity index (χ1n) is 8.63. The van der Waals surface area contributed by atoms with Crippen LogP contribution >= 0.6 is 0 Å². The predicted octanol–water partition coefficient (Wildman–Crippen LogP) is 3.37. The number of unbranched alkanes of at least 4 members (excludes halogenated alkanes) is 2. The summed E-state index contributed by atoms with van der Waals surface area (Å²) in [5.41, 5.74) is 0. The molecule has 122 valence electrons. The van der Waals surface area contributed by atoms with E-state index in [4.69, 9.17) is 5.41 Å². The first-order chi connectivity index (χ1) is 10.1. The lowest BCUT2D eigenvalue weighted by Gasteiger charge is -2.37. The molecule has 0 aromatic rings. The highest BCUT2D eigenvalue weighted by molar-refractivity contribution is 5.88. The lowest BCUT2D eigenvalue weighted by molar-refractivity contribution is -0.133. The molecule has 0 saturated carbocycles. The van der Waals surface area contributed by atoms with Crippen LogP contribution in [0.2, 0.25) is 0 Å². The van der Waals surface area contributed by atoms with Crippen LogP contribution < -0.4 is 0 Å². The number of rotatable bonds is 9. The summed E-state index contributed by atoms with van der Waals surface area (Å²) in [4.78, 5) is 16.6. The van der Waals surface area contributed by atoms with Gasteiger partial charge in [0.15, 0.2) is 0 Å². The summed E-state index contributed by atoms with van der Waals surface area (Å²) >= 11 is 0. The molecule has 0 radical (unpaired) electrons. The molecule has 1 N–H and O–H groups in total. The zero-order valence-electron chi connectivity index (χ0n) is 14.1. The van der Waals surface area contributed by atoms with Crippen LogP contribution in [0.5, 0.6) is 0 Å². The van der Waals surface area contributed by atoms with Crippen LogP contribution in [-0.2, 0) is 4.79 Å². The summed E-state index contributed by atoms with van der Waals surface area (Å²) in [7, 11) is 1.71. The van der Waals surface area contributed by atoms with Crippen LogP contribution in [0.4, 0.5) is 0 Å². The molecule has 0 bridgehead atoms. The number of carbonyl (C=O) groups is 1. The topological polar surface area (TPSA) is 47.4 Å². The minimum absolute atomic E-state index is 0.0981. The van der Waals surface area contributed by atoms with Gasteiger partial charge in [0.2, 0.25) is 5.91 Å². The highest BCUT2D eigenvalue weighted by atomic mass is 16.2. The minimum Gasteiger partial charge on any atom is -0.306 e. The number of hydrogen-bond acceptors (Lipinski definition) is 3. The molecule has 1 aliphatic rings. The van der Waals surface area contributed by atoms with Crippen molar-refractivity contribution >= 4 is 12.2 Å². The number of nitrogens with zero attached hydrogens (tertiary/aromatic N) is 2. The van der Waals surface area contributed by atoms with E-state index in [0.29, 0.717) is 5.92 Å². The third kappa shape index (κ3) is 5.77. The Kier molecular flexibility index (Phi) is 8.58. The molecule has 0 spiro atoms. The van der Waals surface area contributed by atoms with Crippen molar-refractivity contribution in [2.24, 2.45) is 11.8 Å². The summed E-state index contributed by atoms with van der Waals surface area (Å²) in [6.07, 6.45) is 9.21. The van der Waals surface area contributed by atoms with Crippen molar-refractivity contribution in [1.29, 1.82) is 5.41 Å². The highest BCUT2D eigenvalue weighted by Gasteiger charge is 2.32. The average Bonchev–Trinajstić information content (AvgIpc) is 2.52. The molecule has 0 aromatic heterocycles. The van der Waals surface area contributed by atoms with Gasteiger partial charge in [-0.05, 0) is 44.7 Å². The zero-order chi connectivity index (χ0) is 15.7. The van der Waals surface area contributed by atoms with E-state index >= 15 is 0 Å². The van der Waals surface area contributed by atoms with Gasteiger partial charge in [-0.25, -0.2) is 0 Å². The van der Waals surface area contributed by atoms with Gasteiger partial charge in [-0.3, -0.25) is 10.2 Å². The number of nitrogens with one attached hydrogen (secondary N) is 1. The number of piperidine rings is 1. The van der Waals surface area contributed by atoms with Gasteiger partial charge in [-0.2, -0.15) is 0 Å². The molecule has 1 aliphatic heterocycles. The van der Waals surface area contributed by atoms with E-state index in [2.05, 4.69) is 18.7 Å². The molecule has 21 heavy (non-hydrogen) atoms. The molecule has 1 saturated heterocycles. The average molecular weight is 295 g/mol. The maximum Gasteiger partial charge on any atom is 0.230 e. The molecule has 1 amide bonds. The maximum atomic E-state index is 12.6. The van der Waals surface area contributed by atoms with Crippen molar-refractivity contribution in [2.45, 2.75) is 58.8 Å². The van der Waals surface area contributed by atoms with Crippen molar-refractivity contribution in [3.63, 3.8) is 0 Å². The molecular weight excluding hydrogens is 262 g/mol. The van der Waals surface area contributed by atoms with Crippen LogP contribution in [0.1, 0.15) is 58.8 Å². The Bertz CT molecular complexity index is 319. The third-order valence-corrected chi connectivity index (χ3v) is 4.67. The van der Waals surface area contributed by atoms with Crippen LogP contribution in [0.25, 0.3) is 0 Å². The van der Waals surface area contributed by atoms with Crippen molar-refractivity contribution in [3.05, 3.63) is 0 Å². The van der Waals surface area contributed by atoms with Crippen molar-refractivity contribution < 1.29 is 4.79 Å². The standard InChI is InChI=1S/C17H33N3O/c1-4-6-10-16(17(21)19(3)14-18)15-9-8-12-20(13-15)11-7-5-2/h14-16,18H,4-13H2,1-3H3. The predicted molar refractivity (Wildman–Crippen MR) is 88.6 cm³/mol. The van der Waals surface area contributed by atoms with Crippen molar-refractivity contribution in [1.82, 2.24) is 9.80 Å². The summed E-state index contributed by atoms with van der Waals surface area (Å²) in [6.45, 7) is 7.82. The van der Waals surface area contributed by atoms with Gasteiger partial charge < -0.3 is 9.80 Å². The lowest BCUT2D eigenvalue weighted by atomic mass is 9.81. The fourth-order valence-electron chi connectivity index (χ4n) is 3.31. The van der Waals surface area contributed by atoms with Gasteiger partial charge in [0.1, 0.15) is 0 Å². The van der Waals surface area contributed by atoms with Gasteiger partial charge >= 0.3 is 0 Å². The first-order valence-corrected chi connectivity index (χ1v) is 8.63. The Morgan fingerprint density at radius 2 is 2.10 bits per heavy atom. The lowest BCUT2D eigenvalue weighted by Crippen LogP contribution is -2.44. The fourth-order valence-corrected chi connectivity index (χ4v) is 3.31. The Hall–Kier alpha value is -0.900. The summed E-state index contributed by atoms with van der Waals surface area (Å²) < 4.78 is 0. The van der Waals surface area contributed by atoms with Crippen molar-refractivity contribution in [3.8, 4) is 0 Å². The van der Waals surface area contributed by atoms with E-state index in [9.17, 15) is 4.79 Å². The largest absolute Gasteiger partial charge is 0.306 e. The second kappa shape index (κ2) is 9.93. The van der Waals surface area contributed by atoms with Crippen LogP contribution in [-0.4, -0.2) is 48.7 Å². The van der Waals surface area contributed by atoms with E-state index in [1.807, 2.05) is 0 Å². The smallest absolute Gasteiger partial charge is 0.230 e. The monoisotopic (exact) mass is 295 g/mol. The van der Waals surface area contributed by atoms with Crippen LogP contribution in [0.15, 0.2) is 0 Å². The quantitative estimate of drug-likeness (QED) is 0.523. The summed E-state index contributed by atoms with van der Waals surface area (Å²) in [5.74, 6) is 0.707. The minimum atomic E-state index is 0.0981. The number of carbonyl (C=O) groups excluding carboxylic acids is 1. The normalized spacial score (nSPS) is 21.0. The van der Waals surface area contributed by atoms with Gasteiger partial charge in [0, 0.05) is 19.5 Å². The van der Waals surface area contributed by atoms with E-state index in [0.717, 1.165) is 38.6 Å². The molecule has 1 heterocycles. The third-order valence-electron chi connectivity index (χ3n) is 4.67. The fraction of sp³-hybridized carbons (Fsp3) is 0.882. The molecule has 0 aromatic carbocycles. The molecule has 4 nitrogen and oxygen atoms in total. The van der Waals surface area contributed by atoms with Gasteiger partial charge in [0.05, 0.1) is 6.34 Å². The number of hydrogen-bond donors (Lipinski definition) is 1. The molecule has 2 unspecified atom stereocenters. The van der Waals surface area contributed by atoms with E-state index < -0.39 is 0 Å². The SMILES string of the molecule is CCCCC(C(=O)N(C)C=N)C1CCCN(CCCC)C1.